The lowest BCUT2D eigenvalue weighted by Gasteiger charge is -2.43. The van der Waals surface area contributed by atoms with Crippen LogP contribution in [-0.2, 0) is 28.7 Å². The number of aliphatic hydroxyl groups excluding tert-OH is 1. The van der Waals surface area contributed by atoms with Crippen LogP contribution in [0.3, 0.4) is 0 Å². The molecular formula is C40H73N5O7. The van der Waals surface area contributed by atoms with Crippen LogP contribution in [-0.4, -0.2) is 117 Å². The van der Waals surface area contributed by atoms with Gasteiger partial charge in [0.1, 0.15) is 0 Å². The molecule has 52 heavy (non-hydrogen) atoms. The number of aliphatic hydroxyl groups is 1. The summed E-state index contributed by atoms with van der Waals surface area (Å²) in [5, 5.41) is 18.9. The number of ether oxygens (including phenoxy) is 2. The number of rotatable bonds is 19. The number of nitrogens with zero attached hydrogens (tertiary/aromatic N) is 2. The van der Waals surface area contributed by atoms with E-state index >= 15 is 0 Å². The van der Waals surface area contributed by atoms with Crippen molar-refractivity contribution in [2.45, 2.75) is 130 Å². The molecule has 1 saturated heterocycles. The molecule has 4 amide bonds. The van der Waals surface area contributed by atoms with Crippen molar-refractivity contribution in [1.29, 1.82) is 0 Å². The Kier molecular flexibility index (Phi) is 25.9. The van der Waals surface area contributed by atoms with E-state index in [-0.39, 0.29) is 55.2 Å². The van der Waals surface area contributed by atoms with Gasteiger partial charge in [-0.15, -0.1) is 0 Å². The van der Waals surface area contributed by atoms with E-state index in [1.54, 1.807) is 43.0 Å². The Hall–Kier alpha value is -3.06. The van der Waals surface area contributed by atoms with E-state index in [1.807, 2.05) is 39.1 Å². The number of amides is 4. The summed E-state index contributed by atoms with van der Waals surface area (Å²) in [6, 6.07) is 9.09. The van der Waals surface area contributed by atoms with Crippen LogP contribution < -0.4 is 16.0 Å². The number of hydrogen-bond acceptors (Lipinski definition) is 8. The van der Waals surface area contributed by atoms with Gasteiger partial charge in [0.05, 0.1) is 49.3 Å². The fourth-order valence-corrected chi connectivity index (χ4v) is 6.23. The Balaban J connectivity index is 0.00000228. The van der Waals surface area contributed by atoms with E-state index in [0.717, 1.165) is 25.2 Å². The Morgan fingerprint density at radius 1 is 1.02 bits per heavy atom. The second kappa shape index (κ2) is 27.5. The van der Waals surface area contributed by atoms with Crippen LogP contribution in [0, 0.1) is 17.8 Å². The van der Waals surface area contributed by atoms with Gasteiger partial charge in [0.15, 0.2) is 0 Å². The number of nitrogens with one attached hydrogen (secondary N) is 3. The summed E-state index contributed by atoms with van der Waals surface area (Å²) in [6.07, 6.45) is 3.04. The molecule has 1 aliphatic rings. The fourth-order valence-electron chi connectivity index (χ4n) is 6.23. The van der Waals surface area contributed by atoms with Crippen LogP contribution in [0.2, 0.25) is 0 Å². The molecular weight excluding hydrogens is 662 g/mol. The highest BCUT2D eigenvalue weighted by atomic mass is 16.5. The number of methoxy groups -OCH3 is 2. The van der Waals surface area contributed by atoms with Gasteiger partial charge in [0, 0.05) is 40.4 Å². The van der Waals surface area contributed by atoms with Crippen LogP contribution in [0.15, 0.2) is 30.3 Å². The summed E-state index contributed by atoms with van der Waals surface area (Å²) in [4.78, 5) is 53.8. The quantitative estimate of drug-likeness (QED) is 0.151. The molecule has 0 aromatic heterocycles. The van der Waals surface area contributed by atoms with Crippen molar-refractivity contribution < 1.29 is 33.8 Å². The molecule has 2 rings (SSSR count). The van der Waals surface area contributed by atoms with Crippen LogP contribution in [0.25, 0.3) is 0 Å². The van der Waals surface area contributed by atoms with Gasteiger partial charge < -0.3 is 40.3 Å². The molecule has 12 nitrogen and oxygen atoms in total. The van der Waals surface area contributed by atoms with Crippen molar-refractivity contribution in [3.63, 3.8) is 0 Å². The molecule has 300 valence electrons. The highest BCUT2D eigenvalue weighted by molar-refractivity contribution is 5.81. The molecule has 0 radical (unpaired) electrons. The Morgan fingerprint density at radius 3 is 2.12 bits per heavy atom. The SMILES string of the molecule is CCC.CCC(C)C(C(CC(=O)N1CCCCC1C(OC)C(C)C(=O)NCC(O)c1ccccc1)OC)N(C)C(=O)CNC=O.CNC(C)C(C)C. The Labute approximate surface area is 315 Å². The molecule has 0 bridgehead atoms. The average Bonchev–Trinajstić information content (AvgIpc) is 3.15. The van der Waals surface area contributed by atoms with Crippen LogP contribution in [0.5, 0.6) is 0 Å². The predicted octanol–water partition coefficient (Wildman–Crippen LogP) is 4.56. The molecule has 12 heteroatoms. The van der Waals surface area contributed by atoms with E-state index < -0.39 is 24.2 Å². The highest BCUT2D eigenvalue weighted by Crippen LogP contribution is 2.29. The molecule has 0 saturated carbocycles. The largest absolute Gasteiger partial charge is 0.387 e. The first-order chi connectivity index (χ1) is 24.7. The third-order valence-corrected chi connectivity index (χ3v) is 10.0. The minimum absolute atomic E-state index is 0.0340. The summed E-state index contributed by atoms with van der Waals surface area (Å²) in [7, 11) is 6.75. The summed E-state index contributed by atoms with van der Waals surface area (Å²) in [6.45, 7) is 17.1. The first-order valence-electron chi connectivity index (χ1n) is 19.2. The number of hydrogen-bond donors (Lipinski definition) is 4. The minimum Gasteiger partial charge on any atom is -0.387 e. The van der Waals surface area contributed by atoms with Crippen LogP contribution in [0.4, 0.5) is 0 Å². The molecule has 8 atom stereocenters. The molecule has 0 spiro atoms. The number of benzene rings is 1. The topological polar surface area (TPSA) is 150 Å². The third kappa shape index (κ3) is 16.7. The van der Waals surface area contributed by atoms with Crippen molar-refractivity contribution in [3.05, 3.63) is 35.9 Å². The normalized spacial score (nSPS) is 18.1. The minimum atomic E-state index is -0.834. The Morgan fingerprint density at radius 2 is 1.63 bits per heavy atom. The zero-order valence-corrected chi connectivity index (χ0v) is 34.3. The number of likely N-dealkylation sites (N-methyl/N-ethyl adjacent to an activating group) is 1. The zero-order chi connectivity index (χ0) is 39.8. The maximum absolute atomic E-state index is 13.8. The summed E-state index contributed by atoms with van der Waals surface area (Å²) in [5.41, 5.74) is 0.716. The fraction of sp³-hybridized carbons (Fsp3) is 0.750. The lowest BCUT2D eigenvalue weighted by Crippen LogP contribution is -2.56. The van der Waals surface area contributed by atoms with Crippen molar-refractivity contribution in [3.8, 4) is 0 Å². The number of carbonyl (C=O) groups is 4. The van der Waals surface area contributed by atoms with Gasteiger partial charge in [-0.2, -0.15) is 0 Å². The molecule has 1 aliphatic heterocycles. The summed E-state index contributed by atoms with van der Waals surface area (Å²) >= 11 is 0. The van der Waals surface area contributed by atoms with Crippen molar-refractivity contribution in [1.82, 2.24) is 25.8 Å². The van der Waals surface area contributed by atoms with E-state index in [0.29, 0.717) is 31.0 Å². The third-order valence-electron chi connectivity index (χ3n) is 10.0. The van der Waals surface area contributed by atoms with Crippen molar-refractivity contribution >= 4 is 24.1 Å². The highest BCUT2D eigenvalue weighted by Gasteiger charge is 2.41. The molecule has 4 N–H and O–H groups in total. The zero-order valence-electron chi connectivity index (χ0n) is 34.3. The molecule has 1 heterocycles. The van der Waals surface area contributed by atoms with E-state index in [9.17, 15) is 24.3 Å². The second-order valence-corrected chi connectivity index (χ2v) is 14.2. The molecule has 1 aromatic rings. The summed E-state index contributed by atoms with van der Waals surface area (Å²) < 4.78 is 11.7. The van der Waals surface area contributed by atoms with Gasteiger partial charge >= 0.3 is 0 Å². The van der Waals surface area contributed by atoms with Gasteiger partial charge in [0.2, 0.25) is 24.1 Å². The molecule has 8 unspecified atom stereocenters. The molecule has 1 aromatic carbocycles. The first-order valence-corrected chi connectivity index (χ1v) is 19.2. The maximum atomic E-state index is 13.8. The van der Waals surface area contributed by atoms with E-state index in [1.165, 1.54) is 13.5 Å². The predicted molar refractivity (Wildman–Crippen MR) is 209 cm³/mol. The van der Waals surface area contributed by atoms with Crippen LogP contribution >= 0.6 is 0 Å². The smallest absolute Gasteiger partial charge is 0.242 e. The van der Waals surface area contributed by atoms with Gasteiger partial charge in [0.25, 0.3) is 0 Å². The van der Waals surface area contributed by atoms with E-state index in [4.69, 9.17) is 9.47 Å². The number of piperidine rings is 1. The van der Waals surface area contributed by atoms with Gasteiger partial charge in [-0.25, -0.2) is 0 Å². The van der Waals surface area contributed by atoms with Crippen LogP contribution in [0.1, 0.15) is 106 Å². The van der Waals surface area contributed by atoms with Crippen molar-refractivity contribution in [2.24, 2.45) is 17.8 Å². The number of carbonyl (C=O) groups excluding carboxylic acids is 4. The first kappa shape index (κ1) is 48.9. The van der Waals surface area contributed by atoms with Gasteiger partial charge in [-0.3, -0.25) is 19.2 Å². The molecule has 0 aliphatic carbocycles. The Bertz CT molecular complexity index is 1120. The maximum Gasteiger partial charge on any atom is 0.242 e. The monoisotopic (exact) mass is 736 g/mol. The second-order valence-electron chi connectivity index (χ2n) is 14.2. The van der Waals surface area contributed by atoms with Gasteiger partial charge in [-0.1, -0.05) is 91.6 Å². The van der Waals surface area contributed by atoms with Gasteiger partial charge in [-0.05, 0) is 50.6 Å². The van der Waals surface area contributed by atoms with E-state index in [2.05, 4.69) is 50.6 Å². The lowest BCUT2D eigenvalue weighted by molar-refractivity contribution is -0.149. The lowest BCUT2D eigenvalue weighted by atomic mass is 9.87. The van der Waals surface area contributed by atoms with Crippen molar-refractivity contribution in [2.75, 3.05) is 47.9 Å². The molecule has 1 fully saturated rings. The number of likely N-dealkylation sites (tertiary alicyclic amines) is 1. The standard InChI is InChI=1S/C31H50N4O7.C6H15N.C3H8/c1-7-21(2)29(34(4)28(39)19-32-20-36)26(41-5)17-27(38)35-16-12-11-15-24(35)30(42-6)22(3)31(40)33-18-25(37)23-13-9-8-10-14-23;1-5(2)6(3)7-4;1-3-2/h8-10,13-14,20-22,24-26,29-30,37H,7,11-12,15-19H2,1-6H3,(H,32,36)(H,33,40);5-7H,1-4H3;3H2,1-2H3. The summed E-state index contributed by atoms with van der Waals surface area (Å²) in [5.74, 6) is -0.436. The average molecular weight is 736 g/mol.